The summed E-state index contributed by atoms with van der Waals surface area (Å²) in [5, 5.41) is 0. The first-order valence-corrected chi connectivity index (χ1v) is 12.1. The predicted molar refractivity (Wildman–Crippen MR) is 138 cm³/mol. The van der Waals surface area contributed by atoms with Crippen LogP contribution >= 0.6 is 15.9 Å². The highest BCUT2D eigenvalue weighted by Gasteiger charge is 2.41. The van der Waals surface area contributed by atoms with E-state index in [9.17, 15) is 9.59 Å². The van der Waals surface area contributed by atoms with Gasteiger partial charge < -0.3 is 9.64 Å². The topological polar surface area (TPSA) is 46.6 Å². The molecule has 2 aromatic rings. The lowest BCUT2D eigenvalue weighted by molar-refractivity contribution is -0.146. The maximum Gasteiger partial charge on any atom is 0.338 e. The van der Waals surface area contributed by atoms with Crippen LogP contribution in [0.15, 0.2) is 71.7 Å². The molecule has 0 aliphatic rings. The highest BCUT2D eigenvalue weighted by molar-refractivity contribution is 9.10. The van der Waals surface area contributed by atoms with Gasteiger partial charge in [0.2, 0.25) is 5.91 Å². The Labute approximate surface area is 207 Å². The molecular weight excluding hydrogens is 478 g/mol. The van der Waals surface area contributed by atoms with Crippen molar-refractivity contribution in [2.75, 3.05) is 7.05 Å². The smallest absolute Gasteiger partial charge is 0.338 e. The molecule has 178 valence electrons. The van der Waals surface area contributed by atoms with Crippen molar-refractivity contribution in [2.45, 2.75) is 59.6 Å². The number of carbonyl (C=O) groups is 2. The third-order valence-corrected chi connectivity index (χ3v) is 6.37. The lowest BCUT2D eigenvalue weighted by atomic mass is 9.72. The van der Waals surface area contributed by atoms with Crippen LogP contribution in [-0.4, -0.2) is 29.9 Å². The van der Waals surface area contributed by atoms with Crippen molar-refractivity contribution in [3.05, 3.63) is 82.9 Å². The molecular formula is C28H36BrNO3. The molecule has 5 heteroatoms. The summed E-state index contributed by atoms with van der Waals surface area (Å²) < 4.78 is 6.89. The van der Waals surface area contributed by atoms with Crippen molar-refractivity contribution < 1.29 is 14.3 Å². The lowest BCUT2D eigenvalue weighted by Crippen LogP contribution is -2.48. The second-order valence-corrected chi connectivity index (χ2v) is 11.1. The van der Waals surface area contributed by atoms with Gasteiger partial charge in [-0.3, -0.25) is 4.79 Å². The second kappa shape index (κ2) is 11.1. The Bertz CT molecular complexity index is 949. The SMILES string of the molecule is C=CC[C@@](C)(CC(C)(C)C)C(=O)N(C)[C@@H](C)[C@@H](OC(=O)c1ccc(Br)cc1)c1ccccc1. The molecule has 0 saturated heterocycles. The summed E-state index contributed by atoms with van der Waals surface area (Å²) in [5.74, 6) is -0.405. The molecule has 33 heavy (non-hydrogen) atoms. The van der Waals surface area contributed by atoms with Crippen molar-refractivity contribution in [2.24, 2.45) is 10.8 Å². The molecule has 2 aromatic carbocycles. The number of ether oxygens (including phenoxy) is 1. The molecule has 2 rings (SSSR count). The molecule has 0 fully saturated rings. The van der Waals surface area contributed by atoms with Gasteiger partial charge in [0.25, 0.3) is 0 Å². The highest BCUT2D eigenvalue weighted by Crippen LogP contribution is 2.39. The molecule has 0 aromatic heterocycles. The number of amides is 1. The average Bonchev–Trinajstić information content (AvgIpc) is 2.75. The van der Waals surface area contributed by atoms with E-state index in [0.717, 1.165) is 16.5 Å². The van der Waals surface area contributed by atoms with Crippen molar-refractivity contribution in [3.8, 4) is 0 Å². The van der Waals surface area contributed by atoms with Crippen LogP contribution in [0.5, 0.6) is 0 Å². The van der Waals surface area contributed by atoms with Crippen molar-refractivity contribution in [3.63, 3.8) is 0 Å². The van der Waals surface area contributed by atoms with Gasteiger partial charge in [0.15, 0.2) is 0 Å². The standard InChI is InChI=1S/C28H36BrNO3/c1-8-18-28(6,19-27(3,4)5)26(32)30(7)20(2)24(21-12-10-9-11-13-21)33-25(31)22-14-16-23(29)17-15-22/h8-17,20,24H,1,18-19H2,2-7H3/t20-,24+,28-/m0/s1. The Morgan fingerprint density at radius 2 is 1.64 bits per heavy atom. The van der Waals surface area contributed by atoms with E-state index in [1.165, 1.54) is 0 Å². The van der Waals surface area contributed by atoms with Gasteiger partial charge in [0.05, 0.1) is 17.0 Å². The van der Waals surface area contributed by atoms with E-state index in [4.69, 9.17) is 4.74 Å². The maximum absolute atomic E-state index is 13.7. The van der Waals surface area contributed by atoms with Crippen molar-refractivity contribution in [1.82, 2.24) is 4.90 Å². The molecule has 0 aliphatic heterocycles. The molecule has 0 N–H and O–H groups in total. The van der Waals surface area contributed by atoms with Crippen LogP contribution in [-0.2, 0) is 9.53 Å². The summed E-state index contributed by atoms with van der Waals surface area (Å²) in [6.45, 7) is 14.2. The number of hydrogen-bond donors (Lipinski definition) is 0. The van der Waals surface area contributed by atoms with E-state index in [-0.39, 0.29) is 17.4 Å². The molecule has 0 bridgehead atoms. The number of benzene rings is 2. The molecule has 0 spiro atoms. The van der Waals surface area contributed by atoms with Crippen LogP contribution in [0, 0.1) is 10.8 Å². The van der Waals surface area contributed by atoms with Crippen LogP contribution in [0.1, 0.15) is 69.5 Å². The van der Waals surface area contributed by atoms with Crippen LogP contribution in [0.2, 0.25) is 0 Å². The van der Waals surface area contributed by atoms with Crippen molar-refractivity contribution >= 4 is 27.8 Å². The number of allylic oxidation sites excluding steroid dienone is 1. The minimum atomic E-state index is -0.612. The monoisotopic (exact) mass is 513 g/mol. The molecule has 0 radical (unpaired) electrons. The van der Waals surface area contributed by atoms with Crippen LogP contribution < -0.4 is 0 Å². The second-order valence-electron chi connectivity index (χ2n) is 10.2. The quantitative estimate of drug-likeness (QED) is 0.262. The first-order valence-electron chi connectivity index (χ1n) is 11.3. The Hall–Kier alpha value is -2.40. The molecule has 0 heterocycles. The van der Waals surface area contributed by atoms with E-state index < -0.39 is 17.5 Å². The minimum absolute atomic E-state index is 0.0189. The van der Waals surface area contributed by atoms with Crippen LogP contribution in [0.3, 0.4) is 0 Å². The fourth-order valence-electron chi connectivity index (χ4n) is 4.40. The van der Waals surface area contributed by atoms with Gasteiger partial charge in [0, 0.05) is 11.5 Å². The van der Waals surface area contributed by atoms with Crippen LogP contribution in [0.4, 0.5) is 0 Å². The number of likely N-dealkylation sites (N-methyl/N-ethyl adjacent to an activating group) is 1. The first kappa shape index (κ1) is 26.8. The van der Waals surface area contributed by atoms with Gasteiger partial charge in [-0.25, -0.2) is 4.79 Å². The summed E-state index contributed by atoms with van der Waals surface area (Å²) in [5.41, 5.74) is 0.686. The van der Waals surface area contributed by atoms with E-state index in [1.54, 1.807) is 36.2 Å². The minimum Gasteiger partial charge on any atom is -0.452 e. The Balaban J connectivity index is 2.35. The lowest BCUT2D eigenvalue weighted by Gasteiger charge is -2.40. The summed E-state index contributed by atoms with van der Waals surface area (Å²) in [6.07, 6.45) is 2.49. The summed E-state index contributed by atoms with van der Waals surface area (Å²) >= 11 is 3.39. The third kappa shape index (κ3) is 7.29. The number of carbonyl (C=O) groups excluding carboxylic acids is 2. The van der Waals surface area contributed by atoms with Crippen LogP contribution in [0.25, 0.3) is 0 Å². The van der Waals surface area contributed by atoms with Gasteiger partial charge >= 0.3 is 5.97 Å². The molecule has 1 amide bonds. The number of esters is 1. The Kier molecular flexibility index (Phi) is 9.07. The Morgan fingerprint density at radius 3 is 2.15 bits per heavy atom. The highest BCUT2D eigenvalue weighted by atomic mass is 79.9. The van der Waals surface area contributed by atoms with Gasteiger partial charge in [-0.2, -0.15) is 0 Å². The molecule has 3 atom stereocenters. The Morgan fingerprint density at radius 1 is 1.06 bits per heavy atom. The fourth-order valence-corrected chi connectivity index (χ4v) is 4.66. The van der Waals surface area contributed by atoms with E-state index >= 15 is 0 Å². The van der Waals surface area contributed by atoms with Gasteiger partial charge in [-0.1, -0.05) is 80.0 Å². The number of halogens is 1. The molecule has 0 unspecified atom stereocenters. The zero-order valence-corrected chi connectivity index (χ0v) is 22.2. The third-order valence-electron chi connectivity index (χ3n) is 5.84. The number of rotatable bonds is 9. The van der Waals surface area contributed by atoms with E-state index in [1.807, 2.05) is 50.3 Å². The number of hydrogen-bond acceptors (Lipinski definition) is 3. The largest absolute Gasteiger partial charge is 0.452 e. The predicted octanol–water partition coefficient (Wildman–Crippen LogP) is 7.21. The molecule has 4 nitrogen and oxygen atoms in total. The summed E-state index contributed by atoms with van der Waals surface area (Å²) in [6, 6.07) is 16.3. The van der Waals surface area contributed by atoms with E-state index in [0.29, 0.717) is 12.0 Å². The average molecular weight is 515 g/mol. The van der Waals surface area contributed by atoms with Gasteiger partial charge in [-0.15, -0.1) is 6.58 Å². The van der Waals surface area contributed by atoms with Crippen molar-refractivity contribution in [1.29, 1.82) is 0 Å². The fraction of sp³-hybridized carbons (Fsp3) is 0.429. The summed E-state index contributed by atoms with van der Waals surface area (Å²) in [7, 11) is 1.79. The number of nitrogens with zero attached hydrogens (tertiary/aromatic N) is 1. The maximum atomic E-state index is 13.7. The van der Waals surface area contributed by atoms with Gasteiger partial charge in [0.1, 0.15) is 6.10 Å². The normalized spacial score (nSPS) is 15.1. The first-order chi connectivity index (χ1) is 15.4. The molecule has 0 saturated carbocycles. The summed E-state index contributed by atoms with van der Waals surface area (Å²) in [4.78, 5) is 28.4. The molecule has 0 aliphatic carbocycles. The zero-order valence-electron chi connectivity index (χ0n) is 20.6. The van der Waals surface area contributed by atoms with Gasteiger partial charge in [-0.05, 0) is 55.0 Å². The zero-order chi connectivity index (χ0) is 24.8. The van der Waals surface area contributed by atoms with E-state index in [2.05, 4.69) is 43.3 Å².